The van der Waals surface area contributed by atoms with Crippen molar-refractivity contribution in [3.05, 3.63) is 0 Å². The average molecular weight is 202 g/mol. The first-order chi connectivity index (χ1) is 6.29. The Labute approximate surface area is 86.8 Å². The zero-order chi connectivity index (χ0) is 11.4. The predicted molar refractivity (Wildman–Crippen MR) is 56.3 cm³/mol. The van der Waals surface area contributed by atoms with Crippen LogP contribution in [0.15, 0.2) is 0 Å². The molecule has 0 aromatic carbocycles. The Kier molecular flexibility index (Phi) is 5.31. The van der Waals surface area contributed by atoms with E-state index in [2.05, 4.69) is 0 Å². The molecule has 0 aliphatic heterocycles. The lowest BCUT2D eigenvalue weighted by Gasteiger charge is -2.28. The normalized spacial score (nSPS) is 14.5. The van der Waals surface area contributed by atoms with Crippen molar-refractivity contribution in [3.63, 3.8) is 0 Å². The molecule has 0 bridgehead atoms. The van der Waals surface area contributed by atoms with Gasteiger partial charge in [-0.2, -0.15) is 0 Å². The number of methoxy groups -OCH3 is 1. The fourth-order valence-corrected chi connectivity index (χ4v) is 1.29. The summed E-state index contributed by atoms with van der Waals surface area (Å²) in [6, 6.07) is 0. The number of carbonyl (C=O) groups is 1. The molecule has 1 atom stereocenters. The van der Waals surface area contributed by atoms with Crippen molar-refractivity contribution < 1.29 is 14.3 Å². The zero-order valence-electron chi connectivity index (χ0n) is 10.1. The molecule has 0 fully saturated rings. The number of carbonyl (C=O) groups excluding carboxylic acids is 1. The molecule has 14 heavy (non-hydrogen) atoms. The van der Waals surface area contributed by atoms with Crippen molar-refractivity contribution in [3.8, 4) is 0 Å². The summed E-state index contributed by atoms with van der Waals surface area (Å²) in [4.78, 5) is 11.7. The van der Waals surface area contributed by atoms with Crippen LogP contribution in [0.1, 0.15) is 34.6 Å². The smallest absolute Gasteiger partial charge is 0.187 e. The third kappa shape index (κ3) is 4.72. The van der Waals surface area contributed by atoms with Crippen LogP contribution < -0.4 is 0 Å². The molecule has 0 aliphatic rings. The topological polar surface area (TPSA) is 35.5 Å². The molecule has 0 amide bonds. The maximum absolute atomic E-state index is 11.7. The number of Topliss-reactive ketones (excluding diaryl/α,β-unsaturated/α-hetero) is 1. The maximum Gasteiger partial charge on any atom is 0.187 e. The molecule has 3 nitrogen and oxygen atoms in total. The van der Waals surface area contributed by atoms with E-state index in [0.717, 1.165) is 0 Å². The summed E-state index contributed by atoms with van der Waals surface area (Å²) in [6.07, 6.45) is -0.308. The van der Waals surface area contributed by atoms with Gasteiger partial charge in [0.25, 0.3) is 0 Å². The number of ether oxygens (including phenoxy) is 2. The second-order valence-corrected chi connectivity index (χ2v) is 4.81. The van der Waals surface area contributed by atoms with Crippen LogP contribution in [0.2, 0.25) is 0 Å². The quantitative estimate of drug-likeness (QED) is 0.684. The third-order valence-corrected chi connectivity index (χ3v) is 1.87. The first-order valence-electron chi connectivity index (χ1n) is 4.96. The highest BCUT2D eigenvalue weighted by atomic mass is 16.5. The number of hydrogen-bond acceptors (Lipinski definition) is 3. The lowest BCUT2D eigenvalue weighted by atomic mass is 9.86. The van der Waals surface area contributed by atoms with E-state index in [-0.39, 0.29) is 30.0 Å². The second-order valence-electron chi connectivity index (χ2n) is 4.81. The summed E-state index contributed by atoms with van der Waals surface area (Å²) in [5, 5.41) is 0. The second kappa shape index (κ2) is 5.47. The average Bonchev–Trinajstić information content (AvgIpc) is 1.99. The number of ketones is 1. The minimum atomic E-state index is -0.388. The fourth-order valence-electron chi connectivity index (χ4n) is 1.29. The first-order valence-corrected chi connectivity index (χ1v) is 4.96. The molecule has 0 aromatic heterocycles. The molecule has 84 valence electrons. The molecule has 0 N–H and O–H groups in total. The molecule has 0 rings (SSSR count). The van der Waals surface area contributed by atoms with Crippen LogP contribution in [0.5, 0.6) is 0 Å². The van der Waals surface area contributed by atoms with Crippen LogP contribution in [0.3, 0.4) is 0 Å². The van der Waals surface area contributed by atoms with E-state index >= 15 is 0 Å². The highest BCUT2D eigenvalue weighted by molar-refractivity contribution is 5.85. The van der Waals surface area contributed by atoms with E-state index in [1.807, 2.05) is 34.6 Å². The highest BCUT2D eigenvalue weighted by Gasteiger charge is 2.30. The van der Waals surface area contributed by atoms with Gasteiger partial charge in [-0.05, 0) is 19.3 Å². The summed E-state index contributed by atoms with van der Waals surface area (Å²) in [6.45, 7) is 9.89. The van der Waals surface area contributed by atoms with Crippen LogP contribution in [0.4, 0.5) is 0 Å². The molecule has 1 unspecified atom stereocenters. The molecule has 0 spiro atoms. The van der Waals surface area contributed by atoms with E-state index in [9.17, 15) is 4.79 Å². The first kappa shape index (κ1) is 13.6. The van der Waals surface area contributed by atoms with Gasteiger partial charge in [-0.1, -0.05) is 20.8 Å². The van der Waals surface area contributed by atoms with Crippen molar-refractivity contribution >= 4 is 5.78 Å². The summed E-state index contributed by atoms with van der Waals surface area (Å²) < 4.78 is 10.4. The lowest BCUT2D eigenvalue weighted by Crippen LogP contribution is -2.38. The van der Waals surface area contributed by atoms with Gasteiger partial charge >= 0.3 is 0 Å². The summed E-state index contributed by atoms with van der Waals surface area (Å²) >= 11 is 0. The Morgan fingerprint density at radius 2 is 1.79 bits per heavy atom. The van der Waals surface area contributed by atoms with Gasteiger partial charge < -0.3 is 9.47 Å². The van der Waals surface area contributed by atoms with Gasteiger partial charge in [0, 0.05) is 7.11 Å². The van der Waals surface area contributed by atoms with E-state index in [0.29, 0.717) is 0 Å². The van der Waals surface area contributed by atoms with E-state index in [1.165, 1.54) is 0 Å². The van der Waals surface area contributed by atoms with Crippen LogP contribution >= 0.6 is 0 Å². The molecule has 0 saturated heterocycles. The Morgan fingerprint density at radius 3 is 2.07 bits per heavy atom. The van der Waals surface area contributed by atoms with Gasteiger partial charge in [0.1, 0.15) is 12.7 Å². The lowest BCUT2D eigenvalue weighted by molar-refractivity contribution is -0.141. The largest absolute Gasteiger partial charge is 0.373 e. The van der Waals surface area contributed by atoms with E-state index < -0.39 is 0 Å². The Balaban J connectivity index is 4.20. The van der Waals surface area contributed by atoms with Gasteiger partial charge in [-0.3, -0.25) is 4.79 Å². The van der Waals surface area contributed by atoms with E-state index in [1.54, 1.807) is 7.11 Å². The number of hydrogen-bond donors (Lipinski definition) is 0. The van der Waals surface area contributed by atoms with Crippen molar-refractivity contribution in [1.29, 1.82) is 0 Å². The van der Waals surface area contributed by atoms with Crippen molar-refractivity contribution in [2.75, 3.05) is 13.7 Å². The molecule has 0 heterocycles. The van der Waals surface area contributed by atoms with Crippen molar-refractivity contribution in [1.82, 2.24) is 0 Å². The summed E-state index contributed by atoms with van der Waals surface area (Å²) in [5.41, 5.74) is -0.174. The van der Waals surface area contributed by atoms with E-state index in [4.69, 9.17) is 9.47 Å². The van der Waals surface area contributed by atoms with Crippen molar-refractivity contribution in [2.24, 2.45) is 5.41 Å². The van der Waals surface area contributed by atoms with Crippen LogP contribution in [-0.4, -0.2) is 31.7 Å². The number of rotatable bonds is 5. The predicted octanol–water partition coefficient (Wildman–Crippen LogP) is 2.04. The van der Waals surface area contributed by atoms with Crippen LogP contribution in [0.25, 0.3) is 0 Å². The highest BCUT2D eigenvalue weighted by Crippen LogP contribution is 2.22. The molecule has 0 aliphatic carbocycles. The van der Waals surface area contributed by atoms with Gasteiger partial charge in [0.15, 0.2) is 5.78 Å². The monoisotopic (exact) mass is 202 g/mol. The fraction of sp³-hybridized carbons (Fsp3) is 0.909. The van der Waals surface area contributed by atoms with Gasteiger partial charge in [0.2, 0.25) is 0 Å². The van der Waals surface area contributed by atoms with Crippen molar-refractivity contribution in [2.45, 2.75) is 46.8 Å². The van der Waals surface area contributed by atoms with Crippen LogP contribution in [0, 0.1) is 5.41 Å². The zero-order valence-corrected chi connectivity index (χ0v) is 10.1. The van der Waals surface area contributed by atoms with Crippen LogP contribution in [-0.2, 0) is 14.3 Å². The standard InChI is InChI=1S/C11H22O3/c1-8(2)14-7-9(12)10(13-6)11(3,4)5/h8,10H,7H2,1-6H3. The molecule has 0 saturated carbocycles. The molecule has 0 radical (unpaired) electrons. The van der Waals surface area contributed by atoms with Gasteiger partial charge in [-0.15, -0.1) is 0 Å². The Morgan fingerprint density at radius 1 is 1.29 bits per heavy atom. The third-order valence-electron chi connectivity index (χ3n) is 1.87. The molecule has 0 aromatic rings. The maximum atomic E-state index is 11.7. The minimum Gasteiger partial charge on any atom is -0.373 e. The molecular formula is C11H22O3. The summed E-state index contributed by atoms with van der Waals surface area (Å²) in [7, 11) is 1.56. The molecular weight excluding hydrogens is 180 g/mol. The minimum absolute atomic E-state index is 0.00806. The molecule has 3 heteroatoms. The Bertz CT molecular complexity index is 179. The summed E-state index contributed by atoms with van der Waals surface area (Å²) in [5.74, 6) is 0.00806. The van der Waals surface area contributed by atoms with Gasteiger partial charge in [0.05, 0.1) is 6.10 Å². The Hall–Kier alpha value is -0.410. The SMILES string of the molecule is COC(C(=O)COC(C)C)C(C)(C)C. The van der Waals surface area contributed by atoms with Gasteiger partial charge in [-0.25, -0.2) is 0 Å².